The third-order valence-corrected chi connectivity index (χ3v) is 3.39. The van der Waals surface area contributed by atoms with Crippen LogP contribution in [0.2, 0.25) is 0 Å². The molecule has 2 aromatic rings. The van der Waals surface area contributed by atoms with E-state index in [-0.39, 0.29) is 12.8 Å². The van der Waals surface area contributed by atoms with E-state index in [0.29, 0.717) is 0 Å². The third kappa shape index (κ3) is 4.79. The van der Waals surface area contributed by atoms with Gasteiger partial charge >= 0.3 is 6.03 Å². The molecule has 0 atom stereocenters. The van der Waals surface area contributed by atoms with E-state index >= 15 is 0 Å². The van der Waals surface area contributed by atoms with Crippen molar-refractivity contribution in [1.82, 2.24) is 5.32 Å². The highest BCUT2D eigenvalue weighted by atomic mass is 79.9. The maximum Gasteiger partial charge on any atom is 0.321 e. The van der Waals surface area contributed by atoms with Crippen LogP contribution in [0, 0.1) is 0 Å². The van der Waals surface area contributed by atoms with E-state index in [4.69, 9.17) is 4.74 Å². The number of hydrogen-bond acceptors (Lipinski definition) is 2. The van der Waals surface area contributed by atoms with Crippen LogP contribution in [-0.2, 0) is 6.42 Å². The van der Waals surface area contributed by atoms with E-state index in [9.17, 15) is 4.79 Å². The van der Waals surface area contributed by atoms with Gasteiger partial charge in [-0.2, -0.15) is 0 Å². The Morgan fingerprint density at radius 1 is 1.19 bits per heavy atom. The Kier molecular flexibility index (Phi) is 5.63. The summed E-state index contributed by atoms with van der Waals surface area (Å²) in [6, 6.07) is 14.9. The van der Waals surface area contributed by atoms with Crippen LogP contribution in [0.5, 0.6) is 5.75 Å². The summed E-state index contributed by atoms with van der Waals surface area (Å²) >= 11 is 3.35. The van der Waals surface area contributed by atoms with Gasteiger partial charge in [-0.15, -0.1) is 0 Å². The molecule has 0 aromatic heterocycles. The lowest BCUT2D eigenvalue weighted by Crippen LogP contribution is -2.32. The zero-order valence-corrected chi connectivity index (χ0v) is 13.3. The summed E-state index contributed by atoms with van der Waals surface area (Å²) in [5, 5.41) is 5.40. The number of hydrogen-bond donors (Lipinski definition) is 2. The van der Waals surface area contributed by atoms with Gasteiger partial charge in [-0.05, 0) is 36.2 Å². The van der Waals surface area contributed by atoms with E-state index in [1.165, 1.54) is 0 Å². The minimum absolute atomic E-state index is 0.122. The van der Waals surface area contributed by atoms with Gasteiger partial charge in [0.25, 0.3) is 0 Å². The monoisotopic (exact) mass is 348 g/mol. The number of amides is 2. The average molecular weight is 349 g/mol. The molecule has 0 aliphatic rings. The molecule has 0 bridgehead atoms. The normalized spacial score (nSPS) is 10.0. The van der Waals surface area contributed by atoms with Crippen LogP contribution in [0.4, 0.5) is 10.5 Å². The largest absolute Gasteiger partial charge is 0.473 e. The topological polar surface area (TPSA) is 50.4 Å². The van der Waals surface area contributed by atoms with Crippen molar-refractivity contribution in [2.75, 3.05) is 12.0 Å². The Morgan fingerprint density at radius 3 is 2.76 bits per heavy atom. The van der Waals surface area contributed by atoms with Gasteiger partial charge in [0.2, 0.25) is 0 Å². The Bertz CT molecular complexity index is 617. The highest BCUT2D eigenvalue weighted by Crippen LogP contribution is 2.18. The number of para-hydroxylation sites is 1. The van der Waals surface area contributed by atoms with E-state index in [1.807, 2.05) is 48.5 Å². The fourth-order valence-corrected chi connectivity index (χ4v) is 2.26. The molecule has 2 N–H and O–H groups in total. The molecule has 0 fully saturated rings. The molecule has 4 nitrogen and oxygen atoms in total. The molecular weight excluding hydrogens is 332 g/mol. The number of benzene rings is 2. The van der Waals surface area contributed by atoms with Crippen molar-refractivity contribution in [3.8, 4) is 5.75 Å². The van der Waals surface area contributed by atoms with Crippen molar-refractivity contribution in [3.05, 3.63) is 58.6 Å². The summed E-state index contributed by atoms with van der Waals surface area (Å²) < 4.78 is 6.49. The highest BCUT2D eigenvalue weighted by molar-refractivity contribution is 9.10. The van der Waals surface area contributed by atoms with Crippen molar-refractivity contribution < 1.29 is 9.53 Å². The first-order chi connectivity index (χ1) is 10.2. The van der Waals surface area contributed by atoms with Crippen LogP contribution in [0.1, 0.15) is 12.5 Å². The number of rotatable bonds is 5. The second kappa shape index (κ2) is 7.69. The molecule has 0 aliphatic heterocycles. The van der Waals surface area contributed by atoms with Gasteiger partial charge < -0.3 is 15.4 Å². The van der Waals surface area contributed by atoms with Gasteiger partial charge in [-0.25, -0.2) is 4.79 Å². The Morgan fingerprint density at radius 2 is 2.00 bits per heavy atom. The Hall–Kier alpha value is -2.01. The molecule has 0 heterocycles. The fraction of sp³-hybridized carbons (Fsp3) is 0.188. The zero-order chi connectivity index (χ0) is 15.1. The molecule has 2 rings (SSSR count). The van der Waals surface area contributed by atoms with Crippen molar-refractivity contribution in [3.63, 3.8) is 0 Å². The van der Waals surface area contributed by atoms with Gasteiger partial charge in [0.15, 0.2) is 6.73 Å². The molecule has 0 radical (unpaired) electrons. The molecule has 5 heteroatoms. The highest BCUT2D eigenvalue weighted by Gasteiger charge is 2.03. The molecule has 0 aliphatic carbocycles. The van der Waals surface area contributed by atoms with E-state index in [1.54, 1.807) is 0 Å². The first-order valence-corrected chi connectivity index (χ1v) is 7.49. The van der Waals surface area contributed by atoms with Crippen LogP contribution >= 0.6 is 15.9 Å². The molecule has 0 saturated heterocycles. The Balaban J connectivity index is 1.82. The second-order valence-electron chi connectivity index (χ2n) is 4.39. The van der Waals surface area contributed by atoms with E-state index in [2.05, 4.69) is 33.5 Å². The Labute approximate surface area is 132 Å². The van der Waals surface area contributed by atoms with E-state index in [0.717, 1.165) is 27.9 Å². The van der Waals surface area contributed by atoms with Gasteiger partial charge in [0.05, 0.1) is 0 Å². The minimum atomic E-state index is -0.304. The van der Waals surface area contributed by atoms with Crippen molar-refractivity contribution in [2.24, 2.45) is 0 Å². The maximum absolute atomic E-state index is 11.8. The number of aryl methyl sites for hydroxylation is 1. The van der Waals surface area contributed by atoms with Gasteiger partial charge in [0, 0.05) is 10.2 Å². The third-order valence-electron chi connectivity index (χ3n) is 2.90. The zero-order valence-electron chi connectivity index (χ0n) is 11.7. The molecule has 0 unspecified atom stereocenters. The number of nitrogens with one attached hydrogen (secondary N) is 2. The fourth-order valence-electron chi connectivity index (χ4n) is 1.86. The quantitative estimate of drug-likeness (QED) is 0.796. The summed E-state index contributed by atoms with van der Waals surface area (Å²) in [7, 11) is 0. The van der Waals surface area contributed by atoms with Crippen LogP contribution < -0.4 is 15.4 Å². The molecule has 2 amide bonds. The van der Waals surface area contributed by atoms with Crippen molar-refractivity contribution >= 4 is 27.6 Å². The average Bonchev–Trinajstić information content (AvgIpc) is 2.47. The molecule has 0 spiro atoms. The maximum atomic E-state index is 11.8. The number of urea groups is 1. The first kappa shape index (κ1) is 15.4. The lowest BCUT2D eigenvalue weighted by Gasteiger charge is -2.12. The molecule has 0 saturated carbocycles. The lowest BCUT2D eigenvalue weighted by molar-refractivity contribution is 0.234. The molecule has 2 aromatic carbocycles. The molecular formula is C16H17BrN2O2. The van der Waals surface area contributed by atoms with Crippen LogP contribution in [0.25, 0.3) is 0 Å². The van der Waals surface area contributed by atoms with Crippen LogP contribution in [0.3, 0.4) is 0 Å². The summed E-state index contributed by atoms with van der Waals surface area (Å²) in [5.41, 5.74) is 1.84. The van der Waals surface area contributed by atoms with Crippen molar-refractivity contribution in [1.29, 1.82) is 0 Å². The number of ether oxygens (including phenoxy) is 1. The summed E-state index contributed by atoms with van der Waals surface area (Å²) in [6.45, 7) is 2.19. The van der Waals surface area contributed by atoms with Gasteiger partial charge in [0.1, 0.15) is 5.75 Å². The van der Waals surface area contributed by atoms with E-state index < -0.39 is 0 Å². The summed E-state index contributed by atoms with van der Waals surface area (Å²) in [6.07, 6.45) is 0.889. The van der Waals surface area contributed by atoms with Gasteiger partial charge in [-0.1, -0.05) is 47.1 Å². The predicted octanol–water partition coefficient (Wildman–Crippen LogP) is 4.17. The standard InChI is InChI=1S/C16H17BrN2O2/c1-2-12-6-3-4-9-15(12)21-11-18-16(20)19-14-8-5-7-13(17)10-14/h3-10H,2,11H2,1H3,(H2,18,19,20). The summed E-state index contributed by atoms with van der Waals surface area (Å²) in [5.74, 6) is 0.794. The number of halogens is 1. The smallest absolute Gasteiger partial charge is 0.321 e. The van der Waals surface area contributed by atoms with Crippen LogP contribution in [-0.4, -0.2) is 12.8 Å². The lowest BCUT2D eigenvalue weighted by atomic mass is 10.1. The first-order valence-electron chi connectivity index (χ1n) is 6.70. The molecule has 110 valence electrons. The van der Waals surface area contributed by atoms with Crippen molar-refractivity contribution in [2.45, 2.75) is 13.3 Å². The van der Waals surface area contributed by atoms with Gasteiger partial charge in [-0.3, -0.25) is 0 Å². The number of carbonyl (C=O) groups excluding carboxylic acids is 1. The van der Waals surface area contributed by atoms with Crippen LogP contribution in [0.15, 0.2) is 53.0 Å². The molecule has 21 heavy (non-hydrogen) atoms. The number of carbonyl (C=O) groups is 1. The predicted molar refractivity (Wildman–Crippen MR) is 87.6 cm³/mol. The number of anilines is 1. The second-order valence-corrected chi connectivity index (χ2v) is 5.31. The SMILES string of the molecule is CCc1ccccc1OCNC(=O)Nc1cccc(Br)c1. The summed E-state index contributed by atoms with van der Waals surface area (Å²) in [4.78, 5) is 11.8. The minimum Gasteiger partial charge on any atom is -0.473 e.